The summed E-state index contributed by atoms with van der Waals surface area (Å²) in [4.78, 5) is 18.8. The van der Waals surface area contributed by atoms with Gasteiger partial charge in [-0.15, -0.1) is 5.10 Å². The standard InChI is InChI=1S/C17H23FN4OS/c1-10(2)22(11(3)4)16(23)12(5)24-17-19-15(20-21-17)13-8-6-7-9-14(13)18/h6-12H,1-5H3,(H,19,20,21). The molecule has 1 unspecified atom stereocenters. The first-order valence-electron chi connectivity index (χ1n) is 7.97. The smallest absolute Gasteiger partial charge is 0.236 e. The fourth-order valence-corrected chi connectivity index (χ4v) is 3.38. The molecule has 0 aliphatic carbocycles. The molecule has 24 heavy (non-hydrogen) atoms. The van der Waals surface area contributed by atoms with E-state index in [1.54, 1.807) is 18.2 Å². The number of hydrogen-bond acceptors (Lipinski definition) is 4. The Labute approximate surface area is 146 Å². The van der Waals surface area contributed by atoms with Gasteiger partial charge in [0.05, 0.1) is 10.8 Å². The summed E-state index contributed by atoms with van der Waals surface area (Å²) in [5.41, 5.74) is 0.363. The first kappa shape index (κ1) is 18.4. The van der Waals surface area contributed by atoms with Crippen molar-refractivity contribution in [3.63, 3.8) is 0 Å². The Morgan fingerprint density at radius 3 is 2.38 bits per heavy atom. The Balaban J connectivity index is 2.12. The summed E-state index contributed by atoms with van der Waals surface area (Å²) in [6.07, 6.45) is 0. The monoisotopic (exact) mass is 350 g/mol. The lowest BCUT2D eigenvalue weighted by atomic mass is 10.2. The Kier molecular flexibility index (Phi) is 5.99. The zero-order chi connectivity index (χ0) is 17.9. The van der Waals surface area contributed by atoms with E-state index in [0.717, 1.165) is 0 Å². The van der Waals surface area contributed by atoms with E-state index in [0.29, 0.717) is 16.5 Å². The van der Waals surface area contributed by atoms with Crippen molar-refractivity contribution in [2.24, 2.45) is 0 Å². The van der Waals surface area contributed by atoms with Gasteiger partial charge in [0.2, 0.25) is 11.1 Å². The van der Waals surface area contributed by atoms with Gasteiger partial charge >= 0.3 is 0 Å². The van der Waals surface area contributed by atoms with Gasteiger partial charge in [-0.2, -0.15) is 0 Å². The summed E-state index contributed by atoms with van der Waals surface area (Å²) in [7, 11) is 0. The van der Waals surface area contributed by atoms with Crippen LogP contribution in [0.2, 0.25) is 0 Å². The largest absolute Gasteiger partial charge is 0.337 e. The van der Waals surface area contributed by atoms with Gasteiger partial charge in [0.1, 0.15) is 5.82 Å². The Hall–Kier alpha value is -1.89. The maximum Gasteiger partial charge on any atom is 0.236 e. The van der Waals surface area contributed by atoms with Gasteiger partial charge in [-0.05, 0) is 46.8 Å². The molecule has 0 aliphatic rings. The third-order valence-corrected chi connectivity index (χ3v) is 4.54. The first-order chi connectivity index (χ1) is 11.3. The number of nitrogens with one attached hydrogen (secondary N) is 1. The van der Waals surface area contributed by atoms with Crippen molar-refractivity contribution in [2.45, 2.75) is 57.1 Å². The summed E-state index contributed by atoms with van der Waals surface area (Å²) in [5, 5.41) is 6.94. The third kappa shape index (κ3) is 4.14. The quantitative estimate of drug-likeness (QED) is 0.806. The number of amides is 1. The zero-order valence-electron chi connectivity index (χ0n) is 14.6. The molecule has 0 saturated carbocycles. The second-order valence-corrected chi connectivity index (χ2v) is 7.45. The van der Waals surface area contributed by atoms with Crippen LogP contribution >= 0.6 is 11.8 Å². The Morgan fingerprint density at radius 2 is 1.79 bits per heavy atom. The molecule has 1 N–H and O–H groups in total. The lowest BCUT2D eigenvalue weighted by Gasteiger charge is -2.32. The predicted octanol–water partition coefficient (Wildman–Crippen LogP) is 3.74. The van der Waals surface area contributed by atoms with Crippen molar-refractivity contribution < 1.29 is 9.18 Å². The van der Waals surface area contributed by atoms with E-state index in [4.69, 9.17) is 0 Å². The maximum atomic E-state index is 13.8. The van der Waals surface area contributed by atoms with E-state index in [-0.39, 0.29) is 29.1 Å². The Bertz CT molecular complexity index is 693. The first-order valence-corrected chi connectivity index (χ1v) is 8.85. The molecule has 0 bridgehead atoms. The molecule has 0 fully saturated rings. The van der Waals surface area contributed by atoms with E-state index in [2.05, 4.69) is 15.2 Å². The Morgan fingerprint density at radius 1 is 1.17 bits per heavy atom. The van der Waals surface area contributed by atoms with Crippen LogP contribution in [0.1, 0.15) is 34.6 Å². The number of carbonyl (C=O) groups is 1. The summed E-state index contributed by atoms with van der Waals surface area (Å²) in [6, 6.07) is 6.63. The number of halogens is 1. The summed E-state index contributed by atoms with van der Waals surface area (Å²) >= 11 is 1.27. The average Bonchev–Trinajstić information content (AvgIpc) is 2.95. The predicted molar refractivity (Wildman–Crippen MR) is 94.2 cm³/mol. The molecule has 2 rings (SSSR count). The molecular weight excluding hydrogens is 327 g/mol. The molecule has 0 saturated heterocycles. The van der Waals surface area contributed by atoms with Crippen LogP contribution < -0.4 is 0 Å². The molecule has 0 radical (unpaired) electrons. The van der Waals surface area contributed by atoms with Crippen LogP contribution in [0.15, 0.2) is 29.4 Å². The van der Waals surface area contributed by atoms with Crippen molar-refractivity contribution in [2.75, 3.05) is 0 Å². The van der Waals surface area contributed by atoms with E-state index in [9.17, 15) is 9.18 Å². The SMILES string of the molecule is CC(Sc1n[nH]c(-c2ccccc2F)n1)C(=O)N(C(C)C)C(C)C. The van der Waals surface area contributed by atoms with Gasteiger partial charge < -0.3 is 4.90 Å². The van der Waals surface area contributed by atoms with Gasteiger partial charge in [0.15, 0.2) is 5.82 Å². The molecule has 5 nitrogen and oxygen atoms in total. The van der Waals surface area contributed by atoms with E-state index < -0.39 is 0 Å². The highest BCUT2D eigenvalue weighted by Gasteiger charge is 2.26. The van der Waals surface area contributed by atoms with Crippen molar-refractivity contribution in [3.05, 3.63) is 30.1 Å². The topological polar surface area (TPSA) is 61.9 Å². The van der Waals surface area contributed by atoms with Crippen LogP contribution in [0.3, 0.4) is 0 Å². The minimum absolute atomic E-state index is 0.0437. The molecule has 7 heteroatoms. The minimum Gasteiger partial charge on any atom is -0.337 e. The minimum atomic E-state index is -0.361. The van der Waals surface area contributed by atoms with Gasteiger partial charge in [0.25, 0.3) is 0 Å². The molecule has 2 aromatic rings. The van der Waals surface area contributed by atoms with E-state index >= 15 is 0 Å². The summed E-state index contributed by atoms with van der Waals surface area (Å²) < 4.78 is 13.8. The van der Waals surface area contributed by atoms with E-state index in [1.807, 2.05) is 39.5 Å². The van der Waals surface area contributed by atoms with Crippen molar-refractivity contribution in [1.82, 2.24) is 20.1 Å². The number of aromatic amines is 1. The number of nitrogens with zero attached hydrogens (tertiary/aromatic N) is 3. The van der Waals surface area contributed by atoms with Crippen LogP contribution in [0.4, 0.5) is 4.39 Å². The van der Waals surface area contributed by atoms with Crippen molar-refractivity contribution in [3.8, 4) is 11.4 Å². The number of H-pyrrole nitrogens is 1. The zero-order valence-corrected chi connectivity index (χ0v) is 15.4. The molecule has 1 aromatic carbocycles. The van der Waals surface area contributed by atoms with Crippen LogP contribution in [0.5, 0.6) is 0 Å². The highest BCUT2D eigenvalue weighted by atomic mass is 32.2. The van der Waals surface area contributed by atoms with Gasteiger partial charge in [-0.1, -0.05) is 23.9 Å². The lowest BCUT2D eigenvalue weighted by molar-refractivity contribution is -0.133. The second kappa shape index (κ2) is 7.79. The molecule has 1 aromatic heterocycles. The van der Waals surface area contributed by atoms with Gasteiger partial charge in [0, 0.05) is 12.1 Å². The van der Waals surface area contributed by atoms with Crippen LogP contribution in [0.25, 0.3) is 11.4 Å². The number of aromatic nitrogens is 3. The maximum absolute atomic E-state index is 13.8. The number of thioether (sulfide) groups is 1. The highest BCUT2D eigenvalue weighted by molar-refractivity contribution is 8.00. The molecular formula is C17H23FN4OS. The number of hydrogen-bond donors (Lipinski definition) is 1. The van der Waals surface area contributed by atoms with Crippen LogP contribution in [-0.2, 0) is 4.79 Å². The normalized spacial score (nSPS) is 12.7. The second-order valence-electron chi connectivity index (χ2n) is 6.14. The third-order valence-electron chi connectivity index (χ3n) is 3.59. The van der Waals surface area contributed by atoms with Crippen LogP contribution in [-0.4, -0.2) is 43.3 Å². The summed E-state index contributed by atoms with van der Waals surface area (Å²) in [5.74, 6) is 0.0437. The number of carbonyl (C=O) groups excluding carboxylic acids is 1. The molecule has 1 heterocycles. The highest BCUT2D eigenvalue weighted by Crippen LogP contribution is 2.25. The number of benzene rings is 1. The molecule has 1 atom stereocenters. The lowest BCUT2D eigenvalue weighted by Crippen LogP contribution is -2.45. The molecule has 130 valence electrons. The fraction of sp³-hybridized carbons (Fsp3) is 0.471. The van der Waals surface area contributed by atoms with Crippen molar-refractivity contribution >= 4 is 17.7 Å². The molecule has 0 aliphatic heterocycles. The molecule has 1 amide bonds. The molecule has 0 spiro atoms. The number of rotatable bonds is 6. The fourth-order valence-electron chi connectivity index (χ4n) is 2.60. The van der Waals surface area contributed by atoms with Crippen LogP contribution in [0, 0.1) is 5.82 Å². The summed E-state index contributed by atoms with van der Waals surface area (Å²) in [6.45, 7) is 9.83. The average molecular weight is 350 g/mol. The van der Waals surface area contributed by atoms with Gasteiger partial charge in [-0.25, -0.2) is 9.37 Å². The van der Waals surface area contributed by atoms with Crippen molar-refractivity contribution in [1.29, 1.82) is 0 Å². The van der Waals surface area contributed by atoms with E-state index in [1.165, 1.54) is 17.8 Å². The van der Waals surface area contributed by atoms with Gasteiger partial charge in [-0.3, -0.25) is 9.89 Å².